The van der Waals surface area contributed by atoms with Gasteiger partial charge in [-0.3, -0.25) is 0 Å². The minimum absolute atomic E-state index is 0.903. The maximum atomic E-state index is 5.45. The number of ether oxygens (including phenoxy) is 1. The van der Waals surface area contributed by atoms with Gasteiger partial charge in [0.1, 0.15) is 11.6 Å². The molecule has 0 saturated carbocycles. The van der Waals surface area contributed by atoms with Crippen molar-refractivity contribution < 1.29 is 4.74 Å². The first-order valence-electron chi connectivity index (χ1n) is 7.04. The van der Waals surface area contributed by atoms with E-state index in [4.69, 9.17) is 4.74 Å². The molecule has 1 aromatic carbocycles. The quantitative estimate of drug-likeness (QED) is 0.707. The largest absolute Gasteiger partial charge is 0.496 e. The summed E-state index contributed by atoms with van der Waals surface area (Å²) >= 11 is 3.54. The van der Waals surface area contributed by atoms with Gasteiger partial charge in [-0.1, -0.05) is 41.4 Å². The third-order valence-corrected chi connectivity index (χ3v) is 3.76. The average Bonchev–Trinajstić information content (AvgIpc) is 2.50. The summed E-state index contributed by atoms with van der Waals surface area (Å²) in [6.45, 7) is 4.21. The molecule has 20 heavy (non-hydrogen) atoms. The van der Waals surface area contributed by atoms with Crippen molar-refractivity contribution in [1.29, 1.82) is 0 Å². The highest BCUT2D eigenvalue weighted by Crippen LogP contribution is 2.31. The Balaban J connectivity index is 2.46. The zero-order valence-corrected chi connectivity index (χ0v) is 13.7. The molecule has 4 heteroatoms. The van der Waals surface area contributed by atoms with Crippen molar-refractivity contribution in [2.24, 2.45) is 0 Å². The number of methoxy groups -OCH3 is 1. The molecule has 0 aliphatic heterocycles. The van der Waals surface area contributed by atoms with Crippen LogP contribution in [0.1, 0.15) is 19.8 Å². The molecule has 0 atom stereocenters. The molecule has 0 aliphatic carbocycles. The van der Waals surface area contributed by atoms with Crippen LogP contribution >= 0.6 is 15.9 Å². The number of nitrogens with zero attached hydrogens (tertiary/aromatic N) is 2. The molecule has 3 nitrogen and oxygen atoms in total. The smallest absolute Gasteiger partial charge is 0.136 e. The average molecular weight is 337 g/mol. The summed E-state index contributed by atoms with van der Waals surface area (Å²) in [5.74, 6) is 1.95. The van der Waals surface area contributed by atoms with Crippen LogP contribution in [0, 0.1) is 0 Å². The first-order chi connectivity index (χ1) is 9.81. The first-order valence-corrected chi connectivity index (χ1v) is 8.16. The number of pyridine rings is 1. The highest BCUT2D eigenvalue weighted by atomic mass is 79.9. The Morgan fingerprint density at radius 1 is 1.20 bits per heavy atom. The Bertz CT molecular complexity index is 559. The van der Waals surface area contributed by atoms with Crippen LogP contribution in [0.2, 0.25) is 0 Å². The zero-order valence-electron chi connectivity index (χ0n) is 12.1. The van der Waals surface area contributed by atoms with E-state index < -0.39 is 0 Å². The number of anilines is 1. The Morgan fingerprint density at radius 3 is 2.75 bits per heavy atom. The molecule has 108 valence electrons. The number of hydrogen-bond acceptors (Lipinski definition) is 3. The molecule has 0 bridgehead atoms. The van der Waals surface area contributed by atoms with Crippen molar-refractivity contribution in [3.05, 3.63) is 30.5 Å². The van der Waals surface area contributed by atoms with Gasteiger partial charge in [-0.05, 0) is 18.6 Å². The van der Waals surface area contributed by atoms with Crippen molar-refractivity contribution >= 4 is 32.5 Å². The number of hydrogen-bond donors (Lipinski definition) is 0. The van der Waals surface area contributed by atoms with Crippen LogP contribution in [-0.4, -0.2) is 30.5 Å². The van der Waals surface area contributed by atoms with Gasteiger partial charge in [0.05, 0.1) is 7.11 Å². The Kier molecular flexibility index (Phi) is 5.65. The third-order valence-electron chi connectivity index (χ3n) is 3.40. The van der Waals surface area contributed by atoms with E-state index in [2.05, 4.69) is 38.8 Å². The van der Waals surface area contributed by atoms with Gasteiger partial charge in [0.2, 0.25) is 0 Å². The highest BCUT2D eigenvalue weighted by molar-refractivity contribution is 9.09. The number of benzene rings is 1. The minimum Gasteiger partial charge on any atom is -0.496 e. The van der Waals surface area contributed by atoms with Gasteiger partial charge in [-0.2, -0.15) is 0 Å². The van der Waals surface area contributed by atoms with Crippen LogP contribution in [0.3, 0.4) is 0 Å². The van der Waals surface area contributed by atoms with E-state index in [-0.39, 0.29) is 0 Å². The third kappa shape index (κ3) is 3.23. The fourth-order valence-electron chi connectivity index (χ4n) is 2.37. The lowest BCUT2D eigenvalue weighted by Gasteiger charge is -2.24. The van der Waals surface area contributed by atoms with Crippen LogP contribution in [0.15, 0.2) is 30.5 Å². The monoisotopic (exact) mass is 336 g/mol. The normalized spacial score (nSPS) is 10.8. The van der Waals surface area contributed by atoms with Crippen LogP contribution in [0.5, 0.6) is 5.75 Å². The second-order valence-corrected chi connectivity index (χ2v) is 5.51. The van der Waals surface area contributed by atoms with E-state index in [1.807, 2.05) is 24.4 Å². The predicted molar refractivity (Wildman–Crippen MR) is 89.2 cm³/mol. The van der Waals surface area contributed by atoms with E-state index in [9.17, 15) is 0 Å². The summed E-state index contributed by atoms with van der Waals surface area (Å²) in [6.07, 6.45) is 4.23. The lowest BCUT2D eigenvalue weighted by atomic mass is 10.1. The Labute approximate surface area is 129 Å². The second-order valence-electron chi connectivity index (χ2n) is 4.72. The van der Waals surface area contributed by atoms with Gasteiger partial charge < -0.3 is 9.64 Å². The van der Waals surface area contributed by atoms with Crippen molar-refractivity contribution in [2.45, 2.75) is 19.8 Å². The Morgan fingerprint density at radius 2 is 2.05 bits per heavy atom. The van der Waals surface area contributed by atoms with Gasteiger partial charge in [-0.25, -0.2) is 4.98 Å². The molecule has 0 saturated heterocycles. The van der Waals surface area contributed by atoms with Gasteiger partial charge >= 0.3 is 0 Å². The summed E-state index contributed by atoms with van der Waals surface area (Å²) in [6, 6.07) is 8.16. The topological polar surface area (TPSA) is 25.4 Å². The number of unbranched alkanes of at least 4 members (excludes halogenated alkanes) is 1. The van der Waals surface area contributed by atoms with Gasteiger partial charge in [0, 0.05) is 35.4 Å². The molecule has 2 aromatic rings. The summed E-state index contributed by atoms with van der Waals surface area (Å²) in [4.78, 5) is 6.95. The fraction of sp³-hybridized carbons (Fsp3) is 0.438. The van der Waals surface area contributed by atoms with Crippen molar-refractivity contribution in [1.82, 2.24) is 4.98 Å². The van der Waals surface area contributed by atoms with E-state index in [0.717, 1.165) is 40.8 Å². The first kappa shape index (κ1) is 15.1. The maximum Gasteiger partial charge on any atom is 0.136 e. The maximum absolute atomic E-state index is 5.45. The SMILES string of the molecule is CCCCN(CCBr)c1nccc2c(OC)cccc12. The molecule has 1 aromatic heterocycles. The Hall–Kier alpha value is -1.29. The van der Waals surface area contributed by atoms with Crippen molar-refractivity contribution in [2.75, 3.05) is 30.4 Å². The summed E-state index contributed by atoms with van der Waals surface area (Å²) in [5.41, 5.74) is 0. The van der Waals surface area contributed by atoms with Crippen molar-refractivity contribution in [3.8, 4) is 5.75 Å². The number of rotatable bonds is 7. The highest BCUT2D eigenvalue weighted by Gasteiger charge is 2.12. The van der Waals surface area contributed by atoms with Gasteiger partial charge in [0.15, 0.2) is 0 Å². The van der Waals surface area contributed by atoms with E-state index in [1.165, 1.54) is 12.8 Å². The molecule has 0 fully saturated rings. The number of aromatic nitrogens is 1. The summed E-state index contributed by atoms with van der Waals surface area (Å²) in [7, 11) is 1.71. The standard InChI is InChI=1S/C16H21BrN2O/c1-3-4-11-19(12-9-17)16-14-6-5-7-15(20-2)13(14)8-10-18-16/h5-8,10H,3-4,9,11-12H2,1-2H3. The predicted octanol–water partition coefficient (Wildman–Crippen LogP) is 4.24. The lowest BCUT2D eigenvalue weighted by Crippen LogP contribution is -2.27. The van der Waals surface area contributed by atoms with Crippen molar-refractivity contribution in [3.63, 3.8) is 0 Å². The molecule has 0 radical (unpaired) electrons. The van der Waals surface area contributed by atoms with Crippen LogP contribution < -0.4 is 9.64 Å². The number of alkyl halides is 1. The van der Waals surface area contributed by atoms with Crippen LogP contribution in [0.25, 0.3) is 10.8 Å². The lowest BCUT2D eigenvalue weighted by molar-refractivity contribution is 0.420. The van der Waals surface area contributed by atoms with E-state index in [0.29, 0.717) is 0 Å². The molecule has 0 unspecified atom stereocenters. The molecular weight excluding hydrogens is 316 g/mol. The summed E-state index contributed by atoms with van der Waals surface area (Å²) in [5, 5.41) is 3.22. The molecular formula is C16H21BrN2O. The fourth-order valence-corrected chi connectivity index (χ4v) is 2.80. The van der Waals surface area contributed by atoms with Gasteiger partial charge in [0.25, 0.3) is 0 Å². The second kappa shape index (κ2) is 7.48. The van der Waals surface area contributed by atoms with E-state index in [1.54, 1.807) is 7.11 Å². The molecule has 0 aliphatic rings. The van der Waals surface area contributed by atoms with Gasteiger partial charge in [-0.15, -0.1) is 0 Å². The minimum atomic E-state index is 0.903. The van der Waals surface area contributed by atoms with E-state index >= 15 is 0 Å². The summed E-state index contributed by atoms with van der Waals surface area (Å²) < 4.78 is 5.45. The molecule has 0 amide bonds. The molecule has 1 heterocycles. The van der Waals surface area contributed by atoms with Crippen LogP contribution in [-0.2, 0) is 0 Å². The number of halogens is 1. The molecule has 0 spiro atoms. The van der Waals surface area contributed by atoms with Crippen LogP contribution in [0.4, 0.5) is 5.82 Å². The number of fused-ring (bicyclic) bond motifs is 1. The zero-order chi connectivity index (χ0) is 14.4. The molecule has 2 rings (SSSR count). The molecule has 0 N–H and O–H groups in total.